The van der Waals surface area contributed by atoms with Crippen LogP contribution in [0.4, 0.5) is 4.39 Å². The van der Waals surface area contributed by atoms with E-state index in [-0.39, 0.29) is 16.3 Å². The van der Waals surface area contributed by atoms with Crippen LogP contribution < -0.4 is 5.56 Å². The summed E-state index contributed by atoms with van der Waals surface area (Å²) in [6.07, 6.45) is 6.26. The number of halogens is 2. The Hall–Kier alpha value is -4.94. The molecule has 0 saturated heterocycles. The van der Waals surface area contributed by atoms with Crippen molar-refractivity contribution in [3.05, 3.63) is 130 Å². The van der Waals surface area contributed by atoms with Gasteiger partial charge in [-0.15, -0.1) is 5.10 Å². The van der Waals surface area contributed by atoms with Crippen LogP contribution in [-0.4, -0.2) is 49.4 Å². The number of hydrogen-bond acceptors (Lipinski definition) is 7. The van der Waals surface area contributed by atoms with Gasteiger partial charge in [0, 0.05) is 35.5 Å². The second-order valence-electron chi connectivity index (χ2n) is 9.90. The summed E-state index contributed by atoms with van der Waals surface area (Å²) < 4.78 is 40.5. The lowest BCUT2D eigenvalue weighted by molar-refractivity contribution is 0.536. The molecule has 1 N–H and O–H groups in total. The van der Waals surface area contributed by atoms with E-state index < -0.39 is 15.9 Å². The summed E-state index contributed by atoms with van der Waals surface area (Å²) in [5, 5.41) is 11.9. The Morgan fingerprint density at radius 1 is 0.977 bits per heavy atom. The number of aromatic amines is 1. The van der Waals surface area contributed by atoms with Crippen LogP contribution in [0.5, 0.6) is 0 Å². The Bertz CT molecular complexity index is 2080. The summed E-state index contributed by atoms with van der Waals surface area (Å²) in [5.74, 6) is 0.137. The molecule has 10 nitrogen and oxygen atoms in total. The van der Waals surface area contributed by atoms with E-state index in [0.717, 1.165) is 17.4 Å². The molecule has 0 aliphatic carbocycles. The van der Waals surface area contributed by atoms with E-state index in [9.17, 15) is 17.6 Å². The monoisotopic (exact) mass is 615 g/mol. The first-order chi connectivity index (χ1) is 20.7. The Balaban J connectivity index is 1.40. The summed E-state index contributed by atoms with van der Waals surface area (Å²) >= 11 is 6.30. The highest BCUT2D eigenvalue weighted by atomic mass is 35.5. The molecule has 0 amide bonds. The van der Waals surface area contributed by atoms with Gasteiger partial charge < -0.3 is 9.55 Å². The SMILES string of the molecule is CS(=O)(=O)c1ccc(-c2cnc([C@H](Cc3ccc(F)cc3)n3ccc(-c4cc(Cl)ccc4-n4cnnn4)cc3=O)[nH]2)cc1. The first-order valence-electron chi connectivity index (χ1n) is 13.0. The second kappa shape index (κ2) is 11.4. The van der Waals surface area contributed by atoms with Gasteiger partial charge in [-0.2, -0.15) is 4.68 Å². The van der Waals surface area contributed by atoms with Crippen LogP contribution in [-0.2, 0) is 16.3 Å². The maximum atomic E-state index is 13.7. The zero-order chi connectivity index (χ0) is 30.1. The Morgan fingerprint density at radius 2 is 1.74 bits per heavy atom. The quantitative estimate of drug-likeness (QED) is 0.258. The van der Waals surface area contributed by atoms with Crippen LogP contribution >= 0.6 is 11.6 Å². The molecule has 0 spiro atoms. The number of sulfone groups is 1. The number of aromatic nitrogens is 7. The number of H-pyrrole nitrogens is 1. The minimum atomic E-state index is -3.34. The van der Waals surface area contributed by atoms with Crippen molar-refractivity contribution in [3.63, 3.8) is 0 Å². The molecule has 6 rings (SSSR count). The van der Waals surface area contributed by atoms with Crippen LogP contribution in [0.15, 0.2) is 107 Å². The van der Waals surface area contributed by atoms with Gasteiger partial charge in [0.05, 0.1) is 28.5 Å². The molecule has 0 unspecified atom stereocenters. The van der Waals surface area contributed by atoms with Crippen LogP contribution in [0, 0.1) is 5.82 Å². The molecular weight excluding hydrogens is 593 g/mol. The van der Waals surface area contributed by atoms with Gasteiger partial charge in [0.15, 0.2) is 9.84 Å². The average molecular weight is 616 g/mol. The number of tetrazole rings is 1. The predicted molar refractivity (Wildman–Crippen MR) is 159 cm³/mol. The van der Waals surface area contributed by atoms with Crippen LogP contribution in [0.2, 0.25) is 5.02 Å². The van der Waals surface area contributed by atoms with Crippen molar-refractivity contribution in [1.82, 2.24) is 34.7 Å². The van der Waals surface area contributed by atoms with E-state index in [2.05, 4.69) is 25.5 Å². The van der Waals surface area contributed by atoms with Crippen LogP contribution in [0.3, 0.4) is 0 Å². The minimum absolute atomic E-state index is 0.208. The fourth-order valence-corrected chi connectivity index (χ4v) is 5.63. The number of hydrogen-bond donors (Lipinski definition) is 1. The Morgan fingerprint density at radius 3 is 2.42 bits per heavy atom. The van der Waals surface area contributed by atoms with Crippen LogP contribution in [0.1, 0.15) is 17.4 Å². The average Bonchev–Trinajstić information content (AvgIpc) is 3.70. The first kappa shape index (κ1) is 28.2. The van der Waals surface area contributed by atoms with Gasteiger partial charge in [0.25, 0.3) is 5.56 Å². The number of pyridine rings is 1. The number of imidazole rings is 1. The highest BCUT2D eigenvalue weighted by Crippen LogP contribution is 2.30. The highest BCUT2D eigenvalue weighted by Gasteiger charge is 2.21. The fraction of sp³-hybridized carbons (Fsp3) is 0.100. The fourth-order valence-electron chi connectivity index (χ4n) is 4.83. The standard InChI is InChI=1S/C30H23ClFN7O3S/c1-43(41,42)24-9-4-20(5-10-24)26-17-33-30(35-26)28(14-19-2-7-23(32)8-3-19)38-13-12-21(15-29(38)40)25-16-22(31)6-11-27(25)39-18-34-36-37-39/h2-13,15-18,28H,14H2,1H3,(H,33,35)/t28-/m0/s1. The molecule has 3 aromatic carbocycles. The van der Waals surface area contributed by atoms with Crippen molar-refractivity contribution in [1.29, 1.82) is 0 Å². The number of nitrogens with one attached hydrogen (secondary N) is 1. The van der Waals surface area contributed by atoms with Crippen molar-refractivity contribution in [2.45, 2.75) is 17.4 Å². The zero-order valence-electron chi connectivity index (χ0n) is 22.6. The number of rotatable bonds is 8. The third kappa shape index (κ3) is 6.01. The Kier molecular flexibility index (Phi) is 7.46. The lowest BCUT2D eigenvalue weighted by Crippen LogP contribution is -2.27. The molecule has 1 atom stereocenters. The van der Waals surface area contributed by atoms with Gasteiger partial charge in [-0.3, -0.25) is 4.79 Å². The van der Waals surface area contributed by atoms with Gasteiger partial charge in [0.2, 0.25) is 0 Å². The zero-order valence-corrected chi connectivity index (χ0v) is 24.2. The Labute approximate surface area is 250 Å². The summed E-state index contributed by atoms with van der Waals surface area (Å²) in [6.45, 7) is 0. The third-order valence-corrected chi connectivity index (χ3v) is 8.36. The van der Waals surface area contributed by atoms with Crippen molar-refractivity contribution >= 4 is 21.4 Å². The van der Waals surface area contributed by atoms with Crippen molar-refractivity contribution in [2.75, 3.05) is 6.26 Å². The molecule has 13 heteroatoms. The van der Waals surface area contributed by atoms with Gasteiger partial charge >= 0.3 is 0 Å². The molecule has 0 aliphatic heterocycles. The van der Waals surface area contributed by atoms with Gasteiger partial charge in [-0.1, -0.05) is 35.9 Å². The summed E-state index contributed by atoms with van der Waals surface area (Å²) in [6, 6.07) is 20.5. The van der Waals surface area contributed by atoms with Gasteiger partial charge in [-0.05, 0) is 75.6 Å². The molecule has 6 aromatic rings. The summed E-state index contributed by atoms with van der Waals surface area (Å²) in [7, 11) is -3.34. The molecule has 3 heterocycles. The van der Waals surface area contributed by atoms with Crippen molar-refractivity contribution in [3.8, 4) is 28.1 Å². The molecule has 0 fully saturated rings. The third-order valence-electron chi connectivity index (χ3n) is 7.00. The van der Waals surface area contributed by atoms with E-state index >= 15 is 0 Å². The van der Waals surface area contributed by atoms with E-state index in [0.29, 0.717) is 39.8 Å². The topological polar surface area (TPSA) is 128 Å². The maximum Gasteiger partial charge on any atom is 0.251 e. The molecule has 216 valence electrons. The minimum Gasteiger partial charge on any atom is -0.340 e. The summed E-state index contributed by atoms with van der Waals surface area (Å²) in [4.78, 5) is 21.8. The van der Waals surface area contributed by atoms with Gasteiger partial charge in [0.1, 0.15) is 18.0 Å². The van der Waals surface area contributed by atoms with E-state index in [1.807, 2.05) is 0 Å². The van der Waals surface area contributed by atoms with Gasteiger partial charge in [-0.25, -0.2) is 17.8 Å². The van der Waals surface area contributed by atoms with Crippen molar-refractivity contribution in [2.24, 2.45) is 0 Å². The second-order valence-corrected chi connectivity index (χ2v) is 12.4. The number of benzene rings is 3. The van der Waals surface area contributed by atoms with Crippen LogP contribution in [0.25, 0.3) is 28.1 Å². The lowest BCUT2D eigenvalue weighted by atomic mass is 10.0. The van der Waals surface area contributed by atoms with Crippen molar-refractivity contribution < 1.29 is 12.8 Å². The van der Waals surface area contributed by atoms with E-state index in [1.165, 1.54) is 41.3 Å². The molecule has 0 radical (unpaired) electrons. The van der Waals surface area contributed by atoms with E-state index in [1.54, 1.807) is 65.5 Å². The summed E-state index contributed by atoms with van der Waals surface area (Å²) in [5.41, 5.74) is 3.79. The predicted octanol–water partition coefficient (Wildman–Crippen LogP) is 4.91. The molecular formula is C30H23ClFN7O3S. The number of nitrogens with zero attached hydrogens (tertiary/aromatic N) is 6. The molecule has 0 aliphatic rings. The molecule has 3 aromatic heterocycles. The lowest BCUT2D eigenvalue weighted by Gasteiger charge is -2.19. The molecule has 43 heavy (non-hydrogen) atoms. The molecule has 0 saturated carbocycles. The largest absolute Gasteiger partial charge is 0.340 e. The highest BCUT2D eigenvalue weighted by molar-refractivity contribution is 7.90. The smallest absolute Gasteiger partial charge is 0.251 e. The van der Waals surface area contributed by atoms with E-state index in [4.69, 9.17) is 11.6 Å². The first-order valence-corrected chi connectivity index (χ1v) is 15.3. The normalized spacial score (nSPS) is 12.3. The maximum absolute atomic E-state index is 13.7. The molecule has 0 bridgehead atoms.